The van der Waals surface area contributed by atoms with Crippen LogP contribution in [0.5, 0.6) is 17.2 Å². The molecule has 0 aliphatic carbocycles. The van der Waals surface area contributed by atoms with Gasteiger partial charge in [0.25, 0.3) is 0 Å². The van der Waals surface area contributed by atoms with Crippen molar-refractivity contribution in [2.75, 3.05) is 13.7 Å². The summed E-state index contributed by atoms with van der Waals surface area (Å²) in [6.45, 7) is 3.84. The highest BCUT2D eigenvalue weighted by molar-refractivity contribution is 6.36. The van der Waals surface area contributed by atoms with Crippen LogP contribution in [0.15, 0.2) is 54.6 Å². The first-order valence-corrected chi connectivity index (χ1v) is 11.0. The van der Waals surface area contributed by atoms with Crippen molar-refractivity contribution in [2.24, 2.45) is 0 Å². The molecule has 1 N–H and O–H groups in total. The molecule has 3 rings (SSSR count). The quantitative estimate of drug-likeness (QED) is 0.342. The van der Waals surface area contributed by atoms with Crippen molar-refractivity contribution in [3.63, 3.8) is 0 Å². The lowest BCUT2D eigenvalue weighted by Crippen LogP contribution is -2.14. The number of hydrogen-bond donors (Lipinski definition) is 1. The molecular weight excluding hydrogens is 457 g/mol. The van der Waals surface area contributed by atoms with Crippen LogP contribution >= 0.6 is 34.8 Å². The van der Waals surface area contributed by atoms with Crippen LogP contribution in [-0.2, 0) is 19.7 Å². The smallest absolute Gasteiger partial charge is 0.163 e. The van der Waals surface area contributed by atoms with Crippen LogP contribution < -0.4 is 19.5 Å². The predicted octanol–water partition coefficient (Wildman–Crippen LogP) is 6.92. The standard InChI is InChI=1S/C24H24Cl3NO3/c1-3-30-23-11-17(14-28-13-16-7-4-5-10-22(16)29-2)21(27)12-24(23)31-15-18-19(25)8-6-9-20(18)26/h4-12,28H,3,13-15H2,1-2H3. The Morgan fingerprint density at radius 2 is 1.42 bits per heavy atom. The highest BCUT2D eigenvalue weighted by Crippen LogP contribution is 2.35. The summed E-state index contributed by atoms with van der Waals surface area (Å²) in [5, 5.41) is 5.08. The molecule has 0 heterocycles. The van der Waals surface area contributed by atoms with E-state index in [1.807, 2.05) is 37.3 Å². The van der Waals surface area contributed by atoms with Gasteiger partial charge in [0.15, 0.2) is 11.5 Å². The van der Waals surface area contributed by atoms with Crippen LogP contribution in [0.2, 0.25) is 15.1 Å². The molecule has 0 saturated heterocycles. The van der Waals surface area contributed by atoms with E-state index in [9.17, 15) is 0 Å². The van der Waals surface area contributed by atoms with E-state index >= 15 is 0 Å². The summed E-state index contributed by atoms with van der Waals surface area (Å²) in [7, 11) is 1.67. The minimum absolute atomic E-state index is 0.209. The number of nitrogens with one attached hydrogen (secondary N) is 1. The minimum Gasteiger partial charge on any atom is -0.496 e. The van der Waals surface area contributed by atoms with Crippen molar-refractivity contribution in [1.82, 2.24) is 5.32 Å². The Balaban J connectivity index is 1.72. The normalized spacial score (nSPS) is 10.7. The second-order valence-electron chi connectivity index (χ2n) is 6.73. The van der Waals surface area contributed by atoms with Gasteiger partial charge in [-0.05, 0) is 36.8 Å². The zero-order valence-electron chi connectivity index (χ0n) is 17.4. The van der Waals surface area contributed by atoms with E-state index < -0.39 is 0 Å². The summed E-state index contributed by atoms with van der Waals surface area (Å²) in [5.41, 5.74) is 2.69. The van der Waals surface area contributed by atoms with Crippen LogP contribution in [-0.4, -0.2) is 13.7 Å². The second kappa shape index (κ2) is 11.5. The van der Waals surface area contributed by atoms with Gasteiger partial charge in [-0.1, -0.05) is 59.1 Å². The van der Waals surface area contributed by atoms with Gasteiger partial charge in [0, 0.05) is 45.4 Å². The molecule has 0 aliphatic heterocycles. The summed E-state index contributed by atoms with van der Waals surface area (Å²) < 4.78 is 17.1. The molecule has 0 spiro atoms. The lowest BCUT2D eigenvalue weighted by Gasteiger charge is -2.16. The molecule has 0 unspecified atom stereocenters. The van der Waals surface area contributed by atoms with Gasteiger partial charge in [-0.25, -0.2) is 0 Å². The Bertz CT molecular complexity index is 1010. The molecule has 164 valence electrons. The molecular formula is C24H24Cl3NO3. The van der Waals surface area contributed by atoms with Gasteiger partial charge in [0.05, 0.1) is 13.7 Å². The largest absolute Gasteiger partial charge is 0.496 e. The molecule has 0 fully saturated rings. The van der Waals surface area contributed by atoms with E-state index in [1.54, 1.807) is 31.4 Å². The van der Waals surface area contributed by atoms with Gasteiger partial charge >= 0.3 is 0 Å². The van der Waals surface area contributed by atoms with Crippen molar-refractivity contribution < 1.29 is 14.2 Å². The molecule has 0 aliphatic rings. The molecule has 0 amide bonds. The van der Waals surface area contributed by atoms with Crippen molar-refractivity contribution in [2.45, 2.75) is 26.6 Å². The molecule has 0 radical (unpaired) electrons. The molecule has 0 saturated carbocycles. The van der Waals surface area contributed by atoms with Gasteiger partial charge in [-0.2, -0.15) is 0 Å². The Morgan fingerprint density at radius 1 is 0.742 bits per heavy atom. The number of methoxy groups -OCH3 is 1. The summed E-state index contributed by atoms with van der Waals surface area (Å²) in [4.78, 5) is 0. The third kappa shape index (κ3) is 6.20. The SMILES string of the molecule is CCOc1cc(CNCc2ccccc2OC)c(Cl)cc1OCc1c(Cl)cccc1Cl. The van der Waals surface area contributed by atoms with Gasteiger partial charge in [-0.15, -0.1) is 0 Å². The van der Waals surface area contributed by atoms with E-state index in [-0.39, 0.29) is 6.61 Å². The maximum absolute atomic E-state index is 6.53. The third-order valence-electron chi connectivity index (χ3n) is 4.67. The first kappa shape index (κ1) is 23.6. The Labute approximate surface area is 198 Å². The number of ether oxygens (including phenoxy) is 3. The van der Waals surface area contributed by atoms with Crippen molar-refractivity contribution in [3.8, 4) is 17.2 Å². The second-order valence-corrected chi connectivity index (χ2v) is 7.95. The zero-order valence-corrected chi connectivity index (χ0v) is 19.7. The summed E-state index contributed by atoms with van der Waals surface area (Å²) in [6, 6.07) is 16.9. The van der Waals surface area contributed by atoms with Crippen LogP contribution in [0.25, 0.3) is 0 Å². The minimum atomic E-state index is 0.209. The van der Waals surface area contributed by atoms with Crippen molar-refractivity contribution in [1.29, 1.82) is 0 Å². The molecule has 0 bridgehead atoms. The first-order chi connectivity index (χ1) is 15.0. The van der Waals surface area contributed by atoms with Gasteiger partial charge in [0.2, 0.25) is 0 Å². The fourth-order valence-electron chi connectivity index (χ4n) is 3.09. The fourth-order valence-corrected chi connectivity index (χ4v) is 3.82. The molecule has 3 aromatic rings. The van der Waals surface area contributed by atoms with Gasteiger partial charge < -0.3 is 19.5 Å². The molecule has 3 aromatic carbocycles. The summed E-state index contributed by atoms with van der Waals surface area (Å²) in [6.07, 6.45) is 0. The van der Waals surface area contributed by atoms with E-state index in [4.69, 9.17) is 49.0 Å². The van der Waals surface area contributed by atoms with Crippen LogP contribution in [0, 0.1) is 0 Å². The van der Waals surface area contributed by atoms with Gasteiger partial charge in [-0.3, -0.25) is 0 Å². The first-order valence-electron chi connectivity index (χ1n) is 9.87. The highest BCUT2D eigenvalue weighted by Gasteiger charge is 2.14. The number of rotatable bonds is 10. The lowest BCUT2D eigenvalue weighted by atomic mass is 10.1. The van der Waals surface area contributed by atoms with Crippen LogP contribution in [0.1, 0.15) is 23.6 Å². The predicted molar refractivity (Wildman–Crippen MR) is 127 cm³/mol. The molecule has 0 aromatic heterocycles. The monoisotopic (exact) mass is 479 g/mol. The highest BCUT2D eigenvalue weighted by atomic mass is 35.5. The average Bonchev–Trinajstić information content (AvgIpc) is 2.76. The van der Waals surface area contributed by atoms with E-state index in [2.05, 4.69) is 5.32 Å². The van der Waals surface area contributed by atoms with E-state index in [1.165, 1.54) is 0 Å². The topological polar surface area (TPSA) is 39.7 Å². The summed E-state index contributed by atoms with van der Waals surface area (Å²) >= 11 is 19.0. The number of hydrogen-bond acceptors (Lipinski definition) is 4. The Morgan fingerprint density at radius 3 is 2.13 bits per heavy atom. The van der Waals surface area contributed by atoms with Crippen LogP contribution in [0.4, 0.5) is 0 Å². The molecule has 4 nitrogen and oxygen atoms in total. The molecule has 0 atom stereocenters. The molecule has 7 heteroatoms. The van der Waals surface area contributed by atoms with Crippen molar-refractivity contribution in [3.05, 3.63) is 86.4 Å². The third-order valence-corrected chi connectivity index (χ3v) is 5.73. The summed E-state index contributed by atoms with van der Waals surface area (Å²) in [5.74, 6) is 2.00. The lowest BCUT2D eigenvalue weighted by molar-refractivity contribution is 0.269. The van der Waals surface area contributed by atoms with E-state index in [0.717, 1.165) is 16.9 Å². The Kier molecular flexibility index (Phi) is 8.73. The van der Waals surface area contributed by atoms with Crippen LogP contribution in [0.3, 0.4) is 0 Å². The maximum atomic E-state index is 6.53. The van der Waals surface area contributed by atoms with E-state index in [0.29, 0.717) is 51.8 Å². The average molecular weight is 481 g/mol. The zero-order chi connectivity index (χ0) is 22.2. The number of para-hydroxylation sites is 1. The number of halogens is 3. The maximum Gasteiger partial charge on any atom is 0.163 e. The molecule has 31 heavy (non-hydrogen) atoms. The fraction of sp³-hybridized carbons (Fsp3) is 0.250. The van der Waals surface area contributed by atoms with Gasteiger partial charge in [0.1, 0.15) is 12.4 Å². The van der Waals surface area contributed by atoms with Crippen molar-refractivity contribution >= 4 is 34.8 Å². The Hall–Kier alpha value is -2.11. The number of benzene rings is 3.